The second kappa shape index (κ2) is 7.41. The highest BCUT2D eigenvalue weighted by molar-refractivity contribution is 7.19. The first-order valence-corrected chi connectivity index (χ1v) is 12.6. The Morgan fingerprint density at radius 3 is 2.12 bits per heavy atom. The minimum atomic E-state index is -0.260. The molecule has 0 amide bonds. The first-order valence-electron chi connectivity index (χ1n) is 11.6. The van der Waals surface area contributed by atoms with E-state index in [-0.39, 0.29) is 5.16 Å². The Kier molecular flexibility index (Phi) is 4.40. The fraction of sp³-hybridized carbons (Fsp3) is 0.0625. The summed E-state index contributed by atoms with van der Waals surface area (Å²) >= 11 is 6.51. The molecule has 0 saturated heterocycles. The molecular formula is C32H22ClP. The Labute approximate surface area is 207 Å². The quantitative estimate of drug-likeness (QED) is 0.221. The molecule has 2 unspecified atom stereocenters. The molecule has 2 heteroatoms. The maximum absolute atomic E-state index is 6.51. The van der Waals surface area contributed by atoms with Gasteiger partial charge in [-0.1, -0.05) is 109 Å². The summed E-state index contributed by atoms with van der Waals surface area (Å²) in [6, 6.07) is 39.7. The summed E-state index contributed by atoms with van der Waals surface area (Å²) in [6.07, 6.45) is 0.895. The molecule has 7 rings (SSSR count). The summed E-state index contributed by atoms with van der Waals surface area (Å²) in [5, 5.41) is 0.602. The summed E-state index contributed by atoms with van der Waals surface area (Å²) < 4.78 is 0. The van der Waals surface area contributed by atoms with Gasteiger partial charge in [-0.3, -0.25) is 0 Å². The Hall–Kier alpha value is -3.18. The van der Waals surface area contributed by atoms with Gasteiger partial charge in [0.05, 0.1) is 5.16 Å². The molecule has 0 nitrogen and oxygen atoms in total. The highest BCUT2D eigenvalue weighted by Crippen LogP contribution is 2.57. The van der Waals surface area contributed by atoms with Crippen molar-refractivity contribution in [2.45, 2.75) is 11.6 Å². The lowest BCUT2D eigenvalue weighted by atomic mass is 9.86. The zero-order valence-electron chi connectivity index (χ0n) is 18.6. The minimum Gasteiger partial charge on any atom is -0.117 e. The lowest BCUT2D eigenvalue weighted by molar-refractivity contribution is 0.930. The van der Waals surface area contributed by atoms with Crippen molar-refractivity contribution in [3.05, 3.63) is 142 Å². The second-order valence-electron chi connectivity index (χ2n) is 9.29. The number of rotatable bonds is 2. The molecule has 2 aliphatic carbocycles. The van der Waals surface area contributed by atoms with Gasteiger partial charge in [0.1, 0.15) is 0 Å². The third kappa shape index (κ3) is 2.76. The number of fused-ring (bicyclic) bond motifs is 6. The van der Waals surface area contributed by atoms with Crippen LogP contribution in [0.3, 0.4) is 0 Å². The fourth-order valence-electron chi connectivity index (χ4n) is 5.87. The monoisotopic (exact) mass is 472 g/mol. The molecule has 0 N–H and O–H groups in total. The summed E-state index contributed by atoms with van der Waals surface area (Å²) in [5.74, 6) is 0. The topological polar surface area (TPSA) is 0 Å². The van der Waals surface area contributed by atoms with Gasteiger partial charge in [0.2, 0.25) is 0 Å². The van der Waals surface area contributed by atoms with E-state index in [0.717, 1.165) is 11.4 Å². The molecule has 2 aliphatic rings. The van der Waals surface area contributed by atoms with E-state index < -0.39 is 0 Å². The van der Waals surface area contributed by atoms with Crippen LogP contribution in [0.15, 0.2) is 109 Å². The first-order chi connectivity index (χ1) is 16.6. The highest BCUT2D eigenvalue weighted by Gasteiger charge is 2.41. The molecule has 0 fully saturated rings. The summed E-state index contributed by atoms with van der Waals surface area (Å²) in [7, 11) is 3.19. The standard InChI is InChI=1S/C32H22ClP/c33-31-12-6-10-25-24-15-13-20(17-22(24)18-28(25)31)21-14-16-27-26-9-4-5-11-29(26)32(34,30(27)19-21)23-7-2-1-3-8-23/h1-17,19H,18,34H2. The van der Waals surface area contributed by atoms with E-state index in [1.807, 2.05) is 12.1 Å². The molecule has 162 valence electrons. The molecule has 0 aromatic heterocycles. The number of hydrogen-bond donors (Lipinski definition) is 0. The zero-order chi connectivity index (χ0) is 22.9. The van der Waals surface area contributed by atoms with Crippen molar-refractivity contribution < 1.29 is 0 Å². The van der Waals surface area contributed by atoms with Crippen LogP contribution < -0.4 is 0 Å². The Balaban J connectivity index is 1.39. The highest BCUT2D eigenvalue weighted by atomic mass is 35.5. The van der Waals surface area contributed by atoms with E-state index in [0.29, 0.717) is 0 Å². The number of hydrogen-bond acceptors (Lipinski definition) is 0. The third-order valence-electron chi connectivity index (χ3n) is 7.53. The molecule has 0 radical (unpaired) electrons. The number of benzene rings is 5. The van der Waals surface area contributed by atoms with Crippen molar-refractivity contribution in [1.29, 1.82) is 0 Å². The Bertz CT molecular complexity index is 1600. The zero-order valence-corrected chi connectivity index (χ0v) is 20.5. The van der Waals surface area contributed by atoms with Gasteiger partial charge in [-0.2, -0.15) is 0 Å². The van der Waals surface area contributed by atoms with Crippen molar-refractivity contribution in [2.75, 3.05) is 0 Å². The maximum Gasteiger partial charge on any atom is 0.0603 e. The van der Waals surface area contributed by atoms with E-state index in [1.165, 1.54) is 61.2 Å². The summed E-state index contributed by atoms with van der Waals surface area (Å²) in [5.41, 5.74) is 14.3. The largest absolute Gasteiger partial charge is 0.117 e. The Morgan fingerprint density at radius 2 is 1.26 bits per heavy atom. The van der Waals surface area contributed by atoms with E-state index >= 15 is 0 Å². The molecule has 34 heavy (non-hydrogen) atoms. The molecule has 0 heterocycles. The molecule has 5 aromatic rings. The van der Waals surface area contributed by atoms with Crippen LogP contribution in [0.2, 0.25) is 5.02 Å². The molecule has 0 aliphatic heterocycles. The molecule has 0 bridgehead atoms. The van der Waals surface area contributed by atoms with Gasteiger partial charge in [0.25, 0.3) is 0 Å². The van der Waals surface area contributed by atoms with Gasteiger partial charge >= 0.3 is 0 Å². The summed E-state index contributed by atoms with van der Waals surface area (Å²) in [4.78, 5) is 0. The van der Waals surface area contributed by atoms with Crippen LogP contribution in [-0.4, -0.2) is 0 Å². The van der Waals surface area contributed by atoms with Crippen LogP contribution in [-0.2, 0) is 11.6 Å². The second-order valence-corrected chi connectivity index (χ2v) is 10.6. The SMILES string of the molecule is PC1(c2ccccc2)c2ccccc2-c2ccc(-c3ccc4c(c3)Cc3c(Cl)cccc3-4)cc21. The van der Waals surface area contributed by atoms with Crippen LogP contribution in [0.1, 0.15) is 27.8 Å². The van der Waals surface area contributed by atoms with Crippen molar-refractivity contribution in [3.63, 3.8) is 0 Å². The van der Waals surface area contributed by atoms with Crippen molar-refractivity contribution in [1.82, 2.24) is 0 Å². The van der Waals surface area contributed by atoms with Gasteiger partial charge in [-0.15, -0.1) is 9.24 Å². The summed E-state index contributed by atoms with van der Waals surface area (Å²) in [6.45, 7) is 0. The molecule has 5 aromatic carbocycles. The van der Waals surface area contributed by atoms with Gasteiger partial charge in [0.15, 0.2) is 0 Å². The van der Waals surface area contributed by atoms with E-state index in [9.17, 15) is 0 Å². The lowest BCUT2D eigenvalue weighted by Gasteiger charge is -2.28. The van der Waals surface area contributed by atoms with Crippen LogP contribution in [0, 0.1) is 0 Å². The van der Waals surface area contributed by atoms with Crippen molar-refractivity contribution in [3.8, 4) is 33.4 Å². The minimum absolute atomic E-state index is 0.260. The predicted octanol–water partition coefficient (Wildman–Crippen LogP) is 8.73. The fourth-order valence-corrected chi connectivity index (χ4v) is 6.79. The van der Waals surface area contributed by atoms with E-state index in [2.05, 4.69) is 106 Å². The molecular weight excluding hydrogens is 451 g/mol. The van der Waals surface area contributed by atoms with Crippen molar-refractivity contribution >= 4 is 20.8 Å². The van der Waals surface area contributed by atoms with Gasteiger partial charge in [-0.05, 0) is 73.3 Å². The Morgan fingerprint density at radius 1 is 0.588 bits per heavy atom. The first kappa shape index (κ1) is 20.2. The van der Waals surface area contributed by atoms with Gasteiger partial charge in [-0.25, -0.2) is 0 Å². The van der Waals surface area contributed by atoms with Crippen LogP contribution >= 0.6 is 20.8 Å². The molecule has 2 atom stereocenters. The average molecular weight is 473 g/mol. The van der Waals surface area contributed by atoms with Crippen LogP contribution in [0.5, 0.6) is 0 Å². The van der Waals surface area contributed by atoms with Gasteiger partial charge in [0, 0.05) is 11.4 Å². The molecule has 0 saturated carbocycles. The predicted molar refractivity (Wildman–Crippen MR) is 147 cm³/mol. The normalized spacial score (nSPS) is 17.1. The average Bonchev–Trinajstić information content (AvgIpc) is 3.39. The van der Waals surface area contributed by atoms with Gasteiger partial charge < -0.3 is 0 Å². The third-order valence-corrected chi connectivity index (χ3v) is 8.84. The van der Waals surface area contributed by atoms with Crippen molar-refractivity contribution in [2.24, 2.45) is 0 Å². The maximum atomic E-state index is 6.51. The lowest BCUT2D eigenvalue weighted by Crippen LogP contribution is -2.18. The van der Waals surface area contributed by atoms with Crippen LogP contribution in [0.25, 0.3) is 33.4 Å². The number of halogens is 1. The van der Waals surface area contributed by atoms with E-state index in [1.54, 1.807) is 0 Å². The molecule has 0 spiro atoms. The smallest absolute Gasteiger partial charge is 0.0603 e. The van der Waals surface area contributed by atoms with E-state index in [4.69, 9.17) is 11.6 Å². The van der Waals surface area contributed by atoms with Crippen LogP contribution in [0.4, 0.5) is 0 Å².